The van der Waals surface area contributed by atoms with Gasteiger partial charge in [-0.05, 0) is 32.8 Å². The van der Waals surface area contributed by atoms with E-state index in [1.807, 2.05) is 56.3 Å². The number of aromatic nitrogens is 1. The van der Waals surface area contributed by atoms with Crippen LogP contribution in [0.2, 0.25) is 0 Å². The third-order valence-electron chi connectivity index (χ3n) is 7.09. The zero-order chi connectivity index (χ0) is 24.4. The highest BCUT2D eigenvalue weighted by atomic mass is 16.5. The van der Waals surface area contributed by atoms with Crippen LogP contribution in [-0.2, 0) is 4.74 Å². The van der Waals surface area contributed by atoms with Gasteiger partial charge in [-0.2, -0.15) is 0 Å². The Morgan fingerprint density at radius 3 is 2.31 bits per heavy atom. The molecule has 5 nitrogen and oxygen atoms in total. The summed E-state index contributed by atoms with van der Waals surface area (Å²) in [7, 11) is 0. The zero-order valence-electron chi connectivity index (χ0n) is 20.4. The number of esters is 1. The molecule has 1 aromatic heterocycles. The van der Waals surface area contributed by atoms with Crippen LogP contribution in [0.3, 0.4) is 0 Å². The minimum atomic E-state index is -0.314. The molecule has 0 bridgehead atoms. The SMILES string of the molecule is CCOC(=O)c1c(C)n(C2CCCCC2)c2c1cc(OCC(=O)c1ccccc1)c1ccccc12. The molecule has 0 radical (unpaired) electrons. The van der Waals surface area contributed by atoms with Gasteiger partial charge in [0.05, 0.1) is 17.7 Å². The number of ketones is 1. The first-order chi connectivity index (χ1) is 17.1. The highest BCUT2D eigenvalue weighted by Gasteiger charge is 2.28. The van der Waals surface area contributed by atoms with Crippen molar-refractivity contribution in [2.45, 2.75) is 52.0 Å². The van der Waals surface area contributed by atoms with Crippen molar-refractivity contribution in [3.05, 3.63) is 77.5 Å². The molecule has 5 rings (SSSR count). The van der Waals surface area contributed by atoms with Gasteiger partial charge in [-0.3, -0.25) is 4.79 Å². The van der Waals surface area contributed by atoms with Crippen LogP contribution < -0.4 is 4.74 Å². The summed E-state index contributed by atoms with van der Waals surface area (Å²) in [5, 5.41) is 2.79. The standard InChI is InChI=1S/C30H31NO4/c1-3-34-30(33)28-20(2)31(22-14-8-5-9-15-22)29-24-17-11-10-16-23(24)27(18-25(28)29)35-19-26(32)21-12-6-4-7-13-21/h4,6-7,10-13,16-18,22H,3,5,8-9,14-15,19H2,1-2H3. The number of carbonyl (C=O) groups excluding carboxylic acids is 2. The molecule has 0 amide bonds. The van der Waals surface area contributed by atoms with E-state index in [-0.39, 0.29) is 18.4 Å². The quantitative estimate of drug-likeness (QED) is 0.215. The largest absolute Gasteiger partial charge is 0.485 e. The number of benzene rings is 3. The normalized spacial score (nSPS) is 14.3. The molecule has 1 aliphatic carbocycles. The molecule has 0 N–H and O–H groups in total. The lowest BCUT2D eigenvalue weighted by atomic mass is 9.94. The molecule has 1 fully saturated rings. The summed E-state index contributed by atoms with van der Waals surface area (Å²) >= 11 is 0. The molecular formula is C30H31NO4. The predicted octanol–water partition coefficient (Wildman–Crippen LogP) is 7.05. The Labute approximate surface area is 205 Å². The molecule has 0 aliphatic heterocycles. The van der Waals surface area contributed by atoms with E-state index in [1.54, 1.807) is 12.1 Å². The van der Waals surface area contributed by atoms with Crippen LogP contribution in [0.4, 0.5) is 0 Å². The number of hydrogen-bond acceptors (Lipinski definition) is 4. The Morgan fingerprint density at radius 1 is 0.914 bits per heavy atom. The smallest absolute Gasteiger partial charge is 0.340 e. The maximum absolute atomic E-state index is 13.1. The first kappa shape index (κ1) is 23.2. The van der Waals surface area contributed by atoms with E-state index in [1.165, 1.54) is 19.3 Å². The van der Waals surface area contributed by atoms with Crippen LogP contribution in [0.5, 0.6) is 5.75 Å². The van der Waals surface area contributed by atoms with Crippen molar-refractivity contribution in [2.75, 3.05) is 13.2 Å². The van der Waals surface area contributed by atoms with Gasteiger partial charge in [0.15, 0.2) is 12.4 Å². The van der Waals surface area contributed by atoms with E-state index in [9.17, 15) is 9.59 Å². The summed E-state index contributed by atoms with van der Waals surface area (Å²) in [6.07, 6.45) is 5.85. The Balaban J connectivity index is 1.67. The van der Waals surface area contributed by atoms with E-state index in [2.05, 4.69) is 10.6 Å². The number of rotatable bonds is 7. The fourth-order valence-electron chi connectivity index (χ4n) is 5.49. The van der Waals surface area contributed by atoms with Gasteiger partial charge in [-0.15, -0.1) is 0 Å². The van der Waals surface area contributed by atoms with Crippen LogP contribution in [-0.4, -0.2) is 29.5 Å². The highest BCUT2D eigenvalue weighted by molar-refractivity contribution is 6.16. The third-order valence-corrected chi connectivity index (χ3v) is 7.09. The fraction of sp³-hybridized carbons (Fsp3) is 0.333. The second-order valence-corrected chi connectivity index (χ2v) is 9.24. The molecule has 0 atom stereocenters. The van der Waals surface area contributed by atoms with E-state index >= 15 is 0 Å². The maximum Gasteiger partial charge on any atom is 0.340 e. The number of fused-ring (bicyclic) bond motifs is 3. The number of carbonyl (C=O) groups is 2. The Bertz CT molecular complexity index is 1380. The van der Waals surface area contributed by atoms with Crippen molar-refractivity contribution in [2.24, 2.45) is 0 Å². The number of nitrogens with zero attached hydrogens (tertiary/aromatic N) is 1. The molecule has 0 saturated heterocycles. The average Bonchev–Trinajstić information content (AvgIpc) is 3.20. The van der Waals surface area contributed by atoms with Gasteiger partial charge >= 0.3 is 5.97 Å². The van der Waals surface area contributed by atoms with Crippen LogP contribution in [0.15, 0.2) is 60.7 Å². The van der Waals surface area contributed by atoms with Gasteiger partial charge in [0.2, 0.25) is 0 Å². The molecule has 3 aromatic carbocycles. The fourth-order valence-corrected chi connectivity index (χ4v) is 5.49. The van der Waals surface area contributed by atoms with Crippen molar-refractivity contribution >= 4 is 33.4 Å². The molecule has 1 heterocycles. The van der Waals surface area contributed by atoms with Gasteiger partial charge in [0, 0.05) is 33.5 Å². The van der Waals surface area contributed by atoms with Crippen LogP contribution >= 0.6 is 0 Å². The van der Waals surface area contributed by atoms with Gasteiger partial charge in [-0.1, -0.05) is 73.9 Å². The van der Waals surface area contributed by atoms with E-state index < -0.39 is 0 Å². The monoisotopic (exact) mass is 469 g/mol. The highest BCUT2D eigenvalue weighted by Crippen LogP contribution is 2.42. The maximum atomic E-state index is 13.1. The summed E-state index contributed by atoms with van der Waals surface area (Å²) in [4.78, 5) is 25.9. The number of hydrogen-bond donors (Lipinski definition) is 0. The van der Waals surface area contributed by atoms with Crippen molar-refractivity contribution in [1.29, 1.82) is 0 Å². The average molecular weight is 470 g/mol. The summed E-state index contributed by atoms with van der Waals surface area (Å²) in [5.74, 6) is 0.200. The molecule has 1 saturated carbocycles. The lowest BCUT2D eigenvalue weighted by Crippen LogP contribution is -2.15. The molecule has 0 spiro atoms. The van der Waals surface area contributed by atoms with E-state index in [0.717, 1.165) is 40.2 Å². The zero-order valence-corrected chi connectivity index (χ0v) is 20.4. The Hall–Kier alpha value is -3.60. The summed E-state index contributed by atoms with van der Waals surface area (Å²) in [6.45, 7) is 4.09. The second-order valence-electron chi connectivity index (χ2n) is 9.24. The van der Waals surface area contributed by atoms with E-state index in [0.29, 0.717) is 29.5 Å². The topological polar surface area (TPSA) is 57.5 Å². The lowest BCUT2D eigenvalue weighted by molar-refractivity contribution is 0.0527. The summed E-state index contributed by atoms with van der Waals surface area (Å²) in [6, 6.07) is 19.5. The molecule has 1 aliphatic rings. The van der Waals surface area contributed by atoms with Crippen LogP contribution in [0.25, 0.3) is 21.7 Å². The first-order valence-electron chi connectivity index (χ1n) is 12.5. The van der Waals surface area contributed by atoms with Gasteiger partial charge in [0.1, 0.15) is 5.75 Å². The predicted molar refractivity (Wildman–Crippen MR) is 139 cm³/mol. The third kappa shape index (κ3) is 4.31. The molecule has 5 heteroatoms. The van der Waals surface area contributed by atoms with Crippen molar-refractivity contribution in [3.63, 3.8) is 0 Å². The molecule has 0 unspecified atom stereocenters. The van der Waals surface area contributed by atoms with Gasteiger partial charge < -0.3 is 14.0 Å². The minimum absolute atomic E-state index is 0.0728. The van der Waals surface area contributed by atoms with Crippen molar-refractivity contribution in [3.8, 4) is 5.75 Å². The summed E-state index contributed by atoms with van der Waals surface area (Å²) < 4.78 is 14.0. The molecule has 180 valence electrons. The van der Waals surface area contributed by atoms with E-state index in [4.69, 9.17) is 9.47 Å². The number of Topliss-reactive ketones (excluding diaryl/α,β-unsaturated/α-hetero) is 1. The van der Waals surface area contributed by atoms with Crippen molar-refractivity contribution < 1.29 is 19.1 Å². The molecule has 35 heavy (non-hydrogen) atoms. The van der Waals surface area contributed by atoms with Crippen molar-refractivity contribution in [1.82, 2.24) is 4.57 Å². The molecular weight excluding hydrogens is 438 g/mol. The summed E-state index contributed by atoms with van der Waals surface area (Å²) in [5.41, 5.74) is 3.20. The van der Waals surface area contributed by atoms with Crippen LogP contribution in [0.1, 0.15) is 71.5 Å². The molecule has 4 aromatic rings. The Kier molecular flexibility index (Phi) is 6.58. The van der Waals surface area contributed by atoms with Gasteiger partial charge in [-0.25, -0.2) is 4.79 Å². The second kappa shape index (κ2) is 9.95. The van der Waals surface area contributed by atoms with Crippen LogP contribution in [0, 0.1) is 6.92 Å². The Morgan fingerprint density at radius 2 is 1.60 bits per heavy atom. The van der Waals surface area contributed by atoms with Gasteiger partial charge in [0.25, 0.3) is 0 Å². The minimum Gasteiger partial charge on any atom is -0.485 e. The number of ether oxygens (including phenoxy) is 2. The lowest BCUT2D eigenvalue weighted by Gasteiger charge is -2.26. The first-order valence-corrected chi connectivity index (χ1v) is 12.5.